The van der Waals surface area contributed by atoms with E-state index in [-0.39, 0.29) is 18.4 Å². The van der Waals surface area contributed by atoms with Gasteiger partial charge in [0.25, 0.3) is 0 Å². The molecule has 1 heterocycles. The monoisotopic (exact) mass is 305 g/mol. The number of carboxylic acid groups (broad SMARTS) is 1. The van der Waals surface area contributed by atoms with Crippen LogP contribution in [0.15, 0.2) is 24.3 Å². The zero-order valence-corrected chi connectivity index (χ0v) is 12.0. The SMILES string of the molecule is O=CNc1ccc(CC(NC(=O)C2CCCN2)C(=O)O)cc1. The van der Waals surface area contributed by atoms with Crippen LogP contribution < -0.4 is 16.0 Å². The second-order valence-corrected chi connectivity index (χ2v) is 5.21. The summed E-state index contributed by atoms with van der Waals surface area (Å²) in [6, 6.07) is 5.54. The summed E-state index contributed by atoms with van der Waals surface area (Å²) in [5, 5.41) is 17.4. The zero-order valence-electron chi connectivity index (χ0n) is 12.0. The standard InChI is InChI=1S/C15H19N3O4/c19-9-17-11-5-3-10(4-6-11)8-13(15(21)22)18-14(20)12-2-1-7-16-12/h3-6,9,12-13,16H,1-2,7-8H2,(H,17,19)(H,18,20)(H,21,22). The molecule has 1 aliphatic rings. The van der Waals surface area contributed by atoms with Crippen molar-refractivity contribution in [1.29, 1.82) is 0 Å². The van der Waals surface area contributed by atoms with Crippen LogP contribution >= 0.6 is 0 Å². The van der Waals surface area contributed by atoms with Gasteiger partial charge in [-0.2, -0.15) is 0 Å². The molecule has 0 aromatic heterocycles. The molecule has 2 rings (SSSR count). The van der Waals surface area contributed by atoms with Gasteiger partial charge in [-0.3, -0.25) is 9.59 Å². The lowest BCUT2D eigenvalue weighted by molar-refractivity contribution is -0.142. The third-order valence-electron chi connectivity index (χ3n) is 3.61. The van der Waals surface area contributed by atoms with Crippen LogP contribution in [0.1, 0.15) is 18.4 Å². The van der Waals surface area contributed by atoms with Crippen LogP contribution in [-0.2, 0) is 20.8 Å². The predicted molar refractivity (Wildman–Crippen MR) is 80.4 cm³/mol. The first-order valence-corrected chi connectivity index (χ1v) is 7.16. The van der Waals surface area contributed by atoms with E-state index in [1.165, 1.54) is 0 Å². The van der Waals surface area contributed by atoms with Gasteiger partial charge >= 0.3 is 5.97 Å². The van der Waals surface area contributed by atoms with Crippen LogP contribution in [0.25, 0.3) is 0 Å². The van der Waals surface area contributed by atoms with Crippen molar-refractivity contribution in [2.24, 2.45) is 0 Å². The summed E-state index contributed by atoms with van der Waals surface area (Å²) in [6.45, 7) is 0.779. The van der Waals surface area contributed by atoms with Crippen LogP contribution in [-0.4, -0.2) is 42.0 Å². The number of benzene rings is 1. The van der Waals surface area contributed by atoms with Crippen LogP contribution in [0.3, 0.4) is 0 Å². The fourth-order valence-corrected chi connectivity index (χ4v) is 2.42. The molecule has 0 aliphatic carbocycles. The molecule has 1 aromatic rings. The highest BCUT2D eigenvalue weighted by Crippen LogP contribution is 2.11. The van der Waals surface area contributed by atoms with Gasteiger partial charge in [-0.1, -0.05) is 12.1 Å². The van der Waals surface area contributed by atoms with E-state index in [4.69, 9.17) is 0 Å². The molecule has 0 saturated carbocycles. The third kappa shape index (κ3) is 4.29. The third-order valence-corrected chi connectivity index (χ3v) is 3.61. The topological polar surface area (TPSA) is 108 Å². The van der Waals surface area contributed by atoms with E-state index >= 15 is 0 Å². The second kappa shape index (κ2) is 7.56. The molecule has 1 aromatic carbocycles. The molecule has 0 radical (unpaired) electrons. The number of anilines is 1. The van der Waals surface area contributed by atoms with Crippen molar-refractivity contribution in [3.8, 4) is 0 Å². The van der Waals surface area contributed by atoms with Crippen molar-refractivity contribution in [3.05, 3.63) is 29.8 Å². The summed E-state index contributed by atoms with van der Waals surface area (Å²) in [5.41, 5.74) is 1.40. The average Bonchev–Trinajstić information content (AvgIpc) is 3.03. The van der Waals surface area contributed by atoms with E-state index in [0.717, 1.165) is 24.9 Å². The molecule has 7 nitrogen and oxygen atoms in total. The van der Waals surface area contributed by atoms with Crippen LogP contribution in [0, 0.1) is 0 Å². The van der Waals surface area contributed by atoms with Gasteiger partial charge in [0.1, 0.15) is 6.04 Å². The van der Waals surface area contributed by atoms with Gasteiger partial charge in [0.15, 0.2) is 0 Å². The maximum absolute atomic E-state index is 12.0. The first kappa shape index (κ1) is 16.0. The van der Waals surface area contributed by atoms with Gasteiger partial charge < -0.3 is 21.1 Å². The average molecular weight is 305 g/mol. The molecule has 2 atom stereocenters. The van der Waals surface area contributed by atoms with E-state index in [1.54, 1.807) is 24.3 Å². The van der Waals surface area contributed by atoms with Crippen LogP contribution in [0.2, 0.25) is 0 Å². The number of carbonyl (C=O) groups is 3. The molecule has 118 valence electrons. The molecule has 1 aliphatic heterocycles. The molecular weight excluding hydrogens is 286 g/mol. The minimum absolute atomic E-state index is 0.190. The van der Waals surface area contributed by atoms with E-state index in [2.05, 4.69) is 16.0 Å². The van der Waals surface area contributed by atoms with Gasteiger partial charge in [-0.25, -0.2) is 4.79 Å². The van der Waals surface area contributed by atoms with Crippen molar-refractivity contribution in [2.75, 3.05) is 11.9 Å². The highest BCUT2D eigenvalue weighted by atomic mass is 16.4. The lowest BCUT2D eigenvalue weighted by Gasteiger charge is -2.17. The number of aliphatic carboxylic acids is 1. The molecule has 22 heavy (non-hydrogen) atoms. The van der Waals surface area contributed by atoms with E-state index < -0.39 is 12.0 Å². The van der Waals surface area contributed by atoms with Crippen molar-refractivity contribution < 1.29 is 19.5 Å². The Kier molecular flexibility index (Phi) is 5.48. The number of amides is 2. The number of carboxylic acids is 1. The van der Waals surface area contributed by atoms with Gasteiger partial charge in [-0.05, 0) is 37.1 Å². The quantitative estimate of drug-likeness (QED) is 0.535. The van der Waals surface area contributed by atoms with E-state index in [9.17, 15) is 19.5 Å². The first-order valence-electron chi connectivity index (χ1n) is 7.16. The van der Waals surface area contributed by atoms with Crippen molar-refractivity contribution in [2.45, 2.75) is 31.3 Å². The Bertz CT molecular complexity index is 538. The summed E-state index contributed by atoms with van der Waals surface area (Å²) >= 11 is 0. The molecule has 2 unspecified atom stereocenters. The fraction of sp³-hybridized carbons (Fsp3) is 0.400. The molecular formula is C15H19N3O4. The lowest BCUT2D eigenvalue weighted by Crippen LogP contribution is -2.49. The van der Waals surface area contributed by atoms with Crippen molar-refractivity contribution in [1.82, 2.24) is 10.6 Å². The number of rotatable bonds is 7. The Morgan fingerprint density at radius 1 is 1.36 bits per heavy atom. The van der Waals surface area contributed by atoms with Gasteiger partial charge in [0, 0.05) is 12.1 Å². The Hall–Kier alpha value is -2.41. The number of nitrogens with one attached hydrogen (secondary N) is 3. The molecule has 0 spiro atoms. The molecule has 2 amide bonds. The van der Waals surface area contributed by atoms with Gasteiger partial charge in [0.2, 0.25) is 12.3 Å². The number of hydrogen-bond donors (Lipinski definition) is 4. The first-order chi connectivity index (χ1) is 10.6. The molecule has 1 saturated heterocycles. The highest BCUT2D eigenvalue weighted by molar-refractivity contribution is 5.87. The smallest absolute Gasteiger partial charge is 0.326 e. The number of hydrogen-bond acceptors (Lipinski definition) is 4. The largest absolute Gasteiger partial charge is 0.480 e. The Morgan fingerprint density at radius 2 is 2.09 bits per heavy atom. The highest BCUT2D eigenvalue weighted by Gasteiger charge is 2.27. The van der Waals surface area contributed by atoms with Crippen LogP contribution in [0.4, 0.5) is 5.69 Å². The second-order valence-electron chi connectivity index (χ2n) is 5.21. The lowest BCUT2D eigenvalue weighted by atomic mass is 10.0. The molecule has 0 bridgehead atoms. The van der Waals surface area contributed by atoms with E-state index in [1.807, 2.05) is 0 Å². The van der Waals surface area contributed by atoms with Crippen molar-refractivity contribution >= 4 is 24.0 Å². The maximum atomic E-state index is 12.0. The summed E-state index contributed by atoms with van der Waals surface area (Å²) < 4.78 is 0. The summed E-state index contributed by atoms with van der Waals surface area (Å²) in [7, 11) is 0. The molecule has 7 heteroatoms. The normalized spacial score (nSPS) is 18.5. The minimum Gasteiger partial charge on any atom is -0.480 e. The summed E-state index contributed by atoms with van der Waals surface area (Å²) in [5.74, 6) is -1.34. The predicted octanol–water partition coefficient (Wildman–Crippen LogP) is 0.119. The molecule has 4 N–H and O–H groups in total. The Morgan fingerprint density at radius 3 is 2.64 bits per heavy atom. The fourth-order valence-electron chi connectivity index (χ4n) is 2.42. The van der Waals surface area contributed by atoms with Crippen LogP contribution in [0.5, 0.6) is 0 Å². The number of carbonyl (C=O) groups excluding carboxylic acids is 2. The van der Waals surface area contributed by atoms with Gasteiger partial charge in [-0.15, -0.1) is 0 Å². The Balaban J connectivity index is 1.97. The summed E-state index contributed by atoms with van der Waals surface area (Å²) in [4.78, 5) is 33.7. The zero-order chi connectivity index (χ0) is 15.9. The summed E-state index contributed by atoms with van der Waals surface area (Å²) in [6.07, 6.45) is 2.41. The minimum atomic E-state index is -1.07. The molecule has 1 fully saturated rings. The maximum Gasteiger partial charge on any atom is 0.326 e. The van der Waals surface area contributed by atoms with Gasteiger partial charge in [0.05, 0.1) is 6.04 Å². The van der Waals surface area contributed by atoms with Crippen molar-refractivity contribution in [3.63, 3.8) is 0 Å². The van der Waals surface area contributed by atoms with E-state index in [0.29, 0.717) is 12.1 Å². The Labute approximate surface area is 128 Å².